The second-order valence-electron chi connectivity index (χ2n) is 5.58. The molecule has 0 radical (unpaired) electrons. The smallest absolute Gasteiger partial charge is 0.253 e. The van der Waals surface area contributed by atoms with Crippen LogP contribution in [0.25, 0.3) is 0 Å². The van der Waals surface area contributed by atoms with Crippen LogP contribution in [-0.2, 0) is 11.2 Å². The van der Waals surface area contributed by atoms with E-state index in [1.54, 1.807) is 38.4 Å². The van der Waals surface area contributed by atoms with Crippen LogP contribution in [0.5, 0.6) is 5.75 Å². The molecule has 24 heavy (non-hydrogen) atoms. The highest BCUT2D eigenvalue weighted by molar-refractivity contribution is 5.96. The van der Waals surface area contributed by atoms with Gasteiger partial charge in [0.25, 0.3) is 5.91 Å². The van der Waals surface area contributed by atoms with Gasteiger partial charge in [-0.1, -0.05) is 12.1 Å². The van der Waals surface area contributed by atoms with Gasteiger partial charge in [0.05, 0.1) is 13.0 Å². The van der Waals surface area contributed by atoms with E-state index in [2.05, 4.69) is 5.32 Å². The summed E-state index contributed by atoms with van der Waals surface area (Å²) in [6.07, 6.45) is 0.283. The second kappa shape index (κ2) is 8.15. The molecular formula is C19H22N2O3. The van der Waals surface area contributed by atoms with Crippen molar-refractivity contribution in [1.82, 2.24) is 4.90 Å². The molecular weight excluding hydrogens is 304 g/mol. The van der Waals surface area contributed by atoms with Crippen molar-refractivity contribution in [3.05, 3.63) is 59.7 Å². The third-order valence-electron chi connectivity index (χ3n) is 3.42. The monoisotopic (exact) mass is 326 g/mol. The minimum Gasteiger partial charge on any atom is -0.494 e. The number of nitrogens with zero attached hydrogens (tertiary/aromatic N) is 1. The van der Waals surface area contributed by atoms with Gasteiger partial charge in [-0.05, 0) is 48.9 Å². The zero-order valence-electron chi connectivity index (χ0n) is 14.2. The number of anilines is 1. The molecule has 1 N–H and O–H groups in total. The fourth-order valence-corrected chi connectivity index (χ4v) is 2.22. The molecule has 0 atom stereocenters. The lowest BCUT2D eigenvalue weighted by Gasteiger charge is -2.11. The minimum absolute atomic E-state index is 0.0673. The van der Waals surface area contributed by atoms with E-state index in [-0.39, 0.29) is 18.2 Å². The van der Waals surface area contributed by atoms with Gasteiger partial charge in [0.15, 0.2) is 0 Å². The number of nitrogens with one attached hydrogen (secondary N) is 1. The molecule has 0 saturated carbocycles. The van der Waals surface area contributed by atoms with Gasteiger partial charge >= 0.3 is 0 Å². The Kier molecular flexibility index (Phi) is 5.95. The van der Waals surface area contributed by atoms with Crippen molar-refractivity contribution in [3.63, 3.8) is 0 Å². The van der Waals surface area contributed by atoms with Crippen LogP contribution >= 0.6 is 0 Å². The molecule has 2 aromatic rings. The van der Waals surface area contributed by atoms with Crippen LogP contribution in [0.15, 0.2) is 48.5 Å². The van der Waals surface area contributed by atoms with Crippen LogP contribution < -0.4 is 10.1 Å². The van der Waals surface area contributed by atoms with Crippen molar-refractivity contribution in [2.75, 3.05) is 26.0 Å². The quantitative estimate of drug-likeness (QED) is 0.888. The number of carbonyl (C=O) groups excluding carboxylic acids is 2. The van der Waals surface area contributed by atoms with Gasteiger partial charge in [0.1, 0.15) is 5.75 Å². The van der Waals surface area contributed by atoms with Crippen LogP contribution in [0.1, 0.15) is 22.8 Å². The topological polar surface area (TPSA) is 58.6 Å². The summed E-state index contributed by atoms with van der Waals surface area (Å²) in [4.78, 5) is 25.4. The van der Waals surface area contributed by atoms with Crippen molar-refractivity contribution in [2.45, 2.75) is 13.3 Å². The first-order chi connectivity index (χ1) is 11.5. The SMILES string of the molecule is CCOc1ccc(CC(=O)Nc2ccc(C(=O)N(C)C)cc2)cc1. The molecule has 126 valence electrons. The second-order valence-corrected chi connectivity index (χ2v) is 5.58. The predicted molar refractivity (Wildman–Crippen MR) is 94.4 cm³/mol. The first-order valence-corrected chi connectivity index (χ1v) is 7.83. The maximum atomic E-state index is 12.1. The average molecular weight is 326 g/mol. The lowest BCUT2D eigenvalue weighted by atomic mass is 10.1. The Hall–Kier alpha value is -2.82. The zero-order valence-corrected chi connectivity index (χ0v) is 14.2. The molecule has 2 aromatic carbocycles. The highest BCUT2D eigenvalue weighted by Gasteiger charge is 2.09. The first kappa shape index (κ1) is 17.5. The largest absolute Gasteiger partial charge is 0.494 e. The van der Waals surface area contributed by atoms with E-state index in [9.17, 15) is 9.59 Å². The number of ether oxygens (including phenoxy) is 1. The van der Waals surface area contributed by atoms with Crippen LogP contribution in [0.2, 0.25) is 0 Å². The summed E-state index contributed by atoms with van der Waals surface area (Å²) < 4.78 is 5.38. The third kappa shape index (κ3) is 4.84. The van der Waals surface area contributed by atoms with Gasteiger partial charge in [0, 0.05) is 25.3 Å². The molecule has 0 bridgehead atoms. The van der Waals surface area contributed by atoms with E-state index in [0.717, 1.165) is 11.3 Å². The van der Waals surface area contributed by atoms with Crippen molar-refractivity contribution in [3.8, 4) is 5.75 Å². The number of hydrogen-bond acceptors (Lipinski definition) is 3. The summed E-state index contributed by atoms with van der Waals surface area (Å²) in [6, 6.07) is 14.3. The summed E-state index contributed by atoms with van der Waals surface area (Å²) in [5, 5.41) is 2.83. The fraction of sp³-hybridized carbons (Fsp3) is 0.263. The van der Waals surface area contributed by atoms with E-state index in [4.69, 9.17) is 4.74 Å². The maximum absolute atomic E-state index is 12.1. The standard InChI is InChI=1S/C19H22N2O3/c1-4-24-17-11-5-14(6-12-17)13-18(22)20-16-9-7-15(8-10-16)19(23)21(2)3/h5-12H,4,13H2,1-3H3,(H,20,22). The molecule has 0 aliphatic rings. The van der Waals surface area contributed by atoms with Gasteiger partial charge < -0.3 is 15.0 Å². The van der Waals surface area contributed by atoms with E-state index in [0.29, 0.717) is 17.9 Å². The van der Waals surface area contributed by atoms with Gasteiger partial charge in [0.2, 0.25) is 5.91 Å². The Morgan fingerprint density at radius 3 is 2.17 bits per heavy atom. The summed E-state index contributed by atoms with van der Waals surface area (Å²) in [6.45, 7) is 2.55. The maximum Gasteiger partial charge on any atom is 0.253 e. The molecule has 5 nitrogen and oxygen atoms in total. The van der Waals surface area contributed by atoms with Crippen LogP contribution in [0.4, 0.5) is 5.69 Å². The highest BCUT2D eigenvalue weighted by atomic mass is 16.5. The number of carbonyl (C=O) groups is 2. The highest BCUT2D eigenvalue weighted by Crippen LogP contribution is 2.14. The third-order valence-corrected chi connectivity index (χ3v) is 3.42. The molecule has 0 aliphatic carbocycles. The molecule has 0 spiro atoms. The van der Waals surface area contributed by atoms with E-state index >= 15 is 0 Å². The van der Waals surface area contributed by atoms with Crippen LogP contribution in [-0.4, -0.2) is 37.4 Å². The molecule has 0 aliphatic heterocycles. The molecule has 0 fully saturated rings. The van der Waals surface area contributed by atoms with Gasteiger partial charge in [-0.3, -0.25) is 9.59 Å². The van der Waals surface area contributed by atoms with Crippen LogP contribution in [0, 0.1) is 0 Å². The van der Waals surface area contributed by atoms with Gasteiger partial charge in [-0.15, -0.1) is 0 Å². The molecule has 2 amide bonds. The fourth-order valence-electron chi connectivity index (χ4n) is 2.22. The van der Waals surface area contributed by atoms with Crippen molar-refractivity contribution >= 4 is 17.5 Å². The summed E-state index contributed by atoms with van der Waals surface area (Å²) in [5.41, 5.74) is 2.17. The Bertz CT molecular complexity index is 692. The van der Waals surface area contributed by atoms with E-state index in [1.165, 1.54) is 4.90 Å². The van der Waals surface area contributed by atoms with Gasteiger partial charge in [-0.25, -0.2) is 0 Å². The molecule has 0 heterocycles. The molecule has 2 rings (SSSR count). The lowest BCUT2D eigenvalue weighted by molar-refractivity contribution is -0.115. The first-order valence-electron chi connectivity index (χ1n) is 7.83. The summed E-state index contributed by atoms with van der Waals surface area (Å²) in [7, 11) is 3.41. The summed E-state index contributed by atoms with van der Waals surface area (Å²) in [5.74, 6) is 0.621. The Morgan fingerprint density at radius 2 is 1.62 bits per heavy atom. The predicted octanol–water partition coefficient (Wildman–Crippen LogP) is 2.97. The number of rotatable bonds is 6. The zero-order chi connectivity index (χ0) is 17.5. The van der Waals surface area contributed by atoms with E-state index < -0.39 is 0 Å². The summed E-state index contributed by atoms with van der Waals surface area (Å²) >= 11 is 0. The lowest BCUT2D eigenvalue weighted by Crippen LogP contribution is -2.21. The number of benzene rings is 2. The average Bonchev–Trinajstić information content (AvgIpc) is 2.57. The minimum atomic E-state index is -0.106. The van der Waals surface area contributed by atoms with Crippen molar-refractivity contribution in [2.24, 2.45) is 0 Å². The molecule has 0 unspecified atom stereocenters. The molecule has 5 heteroatoms. The van der Waals surface area contributed by atoms with Crippen LogP contribution in [0.3, 0.4) is 0 Å². The Labute approximate surface area is 142 Å². The van der Waals surface area contributed by atoms with Gasteiger partial charge in [-0.2, -0.15) is 0 Å². The molecule has 0 aromatic heterocycles. The van der Waals surface area contributed by atoms with E-state index in [1.807, 2.05) is 31.2 Å². The van der Waals surface area contributed by atoms with Crippen molar-refractivity contribution < 1.29 is 14.3 Å². The van der Waals surface area contributed by atoms with Crippen molar-refractivity contribution in [1.29, 1.82) is 0 Å². The molecule has 0 saturated heterocycles. The number of amides is 2. The Morgan fingerprint density at radius 1 is 1.00 bits per heavy atom. The normalized spacial score (nSPS) is 10.1. The Balaban J connectivity index is 1.93. The number of hydrogen-bond donors (Lipinski definition) is 1.